The fourth-order valence-corrected chi connectivity index (χ4v) is 5.38. The lowest BCUT2D eigenvalue weighted by atomic mass is 9.70. The summed E-state index contributed by atoms with van der Waals surface area (Å²) in [6.45, 7) is 14.4. The third-order valence-corrected chi connectivity index (χ3v) is 7.41. The molecule has 0 aliphatic carbocycles. The second kappa shape index (κ2) is 10.8. The summed E-state index contributed by atoms with van der Waals surface area (Å²) >= 11 is 0. The average molecular weight is 476 g/mol. The Bertz CT molecular complexity index is 1170. The zero-order valence-corrected chi connectivity index (χ0v) is 21.5. The lowest BCUT2D eigenvalue weighted by molar-refractivity contribution is 0.237. The fourth-order valence-electron chi connectivity index (χ4n) is 5.38. The molecule has 1 fully saturated rings. The van der Waals surface area contributed by atoms with E-state index in [9.17, 15) is 9.65 Å². The Morgan fingerprint density at radius 1 is 1.03 bits per heavy atom. The molecule has 35 heavy (non-hydrogen) atoms. The van der Waals surface area contributed by atoms with Crippen LogP contribution in [0.1, 0.15) is 46.1 Å². The van der Waals surface area contributed by atoms with Crippen molar-refractivity contribution in [2.24, 2.45) is 11.8 Å². The highest BCUT2D eigenvalue weighted by atomic mass is 19.1. The van der Waals surface area contributed by atoms with Gasteiger partial charge in [0.15, 0.2) is 0 Å². The highest BCUT2D eigenvalue weighted by Crippen LogP contribution is 2.37. The van der Waals surface area contributed by atoms with E-state index in [1.54, 1.807) is 6.07 Å². The first kappa shape index (κ1) is 25.2. The van der Waals surface area contributed by atoms with Gasteiger partial charge in [-0.3, -0.25) is 4.90 Å². The molecule has 0 radical (unpaired) electrons. The fraction of sp³-hybridized carbons (Fsp3) is 0.517. The summed E-state index contributed by atoms with van der Waals surface area (Å²) < 4.78 is 16.3. The molecule has 5 nitrogen and oxygen atoms in total. The van der Waals surface area contributed by atoms with Crippen molar-refractivity contribution in [1.82, 2.24) is 14.5 Å². The van der Waals surface area contributed by atoms with E-state index < -0.39 is 5.41 Å². The number of nitrogens with zero attached hydrogens (tertiary/aromatic N) is 5. The predicted molar refractivity (Wildman–Crippen MR) is 141 cm³/mol. The van der Waals surface area contributed by atoms with Crippen molar-refractivity contribution < 1.29 is 4.39 Å². The first-order valence-corrected chi connectivity index (χ1v) is 12.9. The van der Waals surface area contributed by atoms with E-state index in [1.807, 2.05) is 6.07 Å². The van der Waals surface area contributed by atoms with Crippen LogP contribution < -0.4 is 4.90 Å². The molecular formula is C29H38FN5. The predicted octanol–water partition coefficient (Wildman–Crippen LogP) is 5.85. The number of benzene rings is 2. The van der Waals surface area contributed by atoms with Crippen LogP contribution in [0.2, 0.25) is 0 Å². The highest BCUT2D eigenvalue weighted by Gasteiger charge is 2.36. The highest BCUT2D eigenvalue weighted by molar-refractivity contribution is 5.78. The van der Waals surface area contributed by atoms with Gasteiger partial charge >= 0.3 is 0 Å². The smallest absolute Gasteiger partial charge is 0.206 e. The van der Waals surface area contributed by atoms with Crippen molar-refractivity contribution >= 4 is 17.0 Å². The molecule has 1 aliphatic heterocycles. The summed E-state index contributed by atoms with van der Waals surface area (Å²) in [7, 11) is 0. The number of imidazole rings is 1. The van der Waals surface area contributed by atoms with Gasteiger partial charge in [-0.05, 0) is 61.1 Å². The standard InChI is InChI=1S/C29H38FN5/c1-22(2)20-35-27-12-6-5-11-26(27)32-28(35)34-17-15-33(16-18-34)14-8-13-29(21-31,23(3)4)24-9-7-10-25(30)19-24/h5-7,9-12,19,22-23H,8,13-18,20H2,1-4H3. The molecule has 0 spiro atoms. The normalized spacial score (nSPS) is 16.7. The van der Waals surface area contributed by atoms with Gasteiger partial charge in [0.1, 0.15) is 5.82 Å². The molecule has 1 saturated heterocycles. The third-order valence-electron chi connectivity index (χ3n) is 7.41. The van der Waals surface area contributed by atoms with Gasteiger partial charge < -0.3 is 9.47 Å². The number of para-hydroxylation sites is 2. The molecule has 1 aliphatic rings. The maximum Gasteiger partial charge on any atom is 0.206 e. The quantitative estimate of drug-likeness (QED) is 0.389. The molecule has 2 heterocycles. The number of rotatable bonds is 9. The van der Waals surface area contributed by atoms with Crippen LogP contribution in [0.5, 0.6) is 0 Å². The van der Waals surface area contributed by atoms with Gasteiger partial charge in [-0.1, -0.05) is 52.0 Å². The number of hydrogen-bond donors (Lipinski definition) is 0. The molecule has 186 valence electrons. The molecule has 1 atom stereocenters. The molecule has 4 rings (SSSR count). The number of hydrogen-bond acceptors (Lipinski definition) is 4. The SMILES string of the molecule is CC(C)Cn1c(N2CCN(CCCC(C#N)(c3cccc(F)c3)C(C)C)CC2)nc2ccccc21. The molecule has 0 bridgehead atoms. The Labute approximate surface area is 209 Å². The largest absolute Gasteiger partial charge is 0.340 e. The summed E-state index contributed by atoms with van der Waals surface area (Å²) in [5.41, 5.74) is 2.40. The second-order valence-electron chi connectivity index (χ2n) is 10.6. The number of halogens is 1. The minimum absolute atomic E-state index is 0.111. The maximum absolute atomic E-state index is 13.9. The van der Waals surface area contributed by atoms with Crippen LogP contribution in [-0.2, 0) is 12.0 Å². The summed E-state index contributed by atoms with van der Waals surface area (Å²) in [5.74, 6) is 1.46. The number of nitriles is 1. The van der Waals surface area contributed by atoms with Gasteiger partial charge in [0.25, 0.3) is 0 Å². The van der Waals surface area contributed by atoms with Gasteiger partial charge in [0.2, 0.25) is 5.95 Å². The first-order chi connectivity index (χ1) is 16.8. The van der Waals surface area contributed by atoms with E-state index in [2.05, 4.69) is 72.4 Å². The molecule has 1 unspecified atom stereocenters. The monoisotopic (exact) mass is 475 g/mol. The zero-order chi connectivity index (χ0) is 25.0. The molecule has 0 N–H and O–H groups in total. The molecule has 0 saturated carbocycles. The Morgan fingerprint density at radius 3 is 2.43 bits per heavy atom. The molecule has 3 aromatic rings. The lowest BCUT2D eigenvalue weighted by Crippen LogP contribution is -2.47. The van der Waals surface area contributed by atoms with Crippen LogP contribution in [-0.4, -0.2) is 47.2 Å². The van der Waals surface area contributed by atoms with Crippen LogP contribution in [0.3, 0.4) is 0 Å². The van der Waals surface area contributed by atoms with E-state index >= 15 is 0 Å². The van der Waals surface area contributed by atoms with Crippen molar-refractivity contribution in [1.29, 1.82) is 5.26 Å². The van der Waals surface area contributed by atoms with E-state index in [4.69, 9.17) is 4.98 Å². The van der Waals surface area contributed by atoms with Crippen molar-refractivity contribution in [2.75, 3.05) is 37.6 Å². The van der Waals surface area contributed by atoms with Gasteiger partial charge in [0, 0.05) is 32.7 Å². The third kappa shape index (κ3) is 5.36. The number of aromatic nitrogens is 2. The topological polar surface area (TPSA) is 48.1 Å². The summed E-state index contributed by atoms with van der Waals surface area (Å²) in [4.78, 5) is 9.89. The van der Waals surface area contributed by atoms with E-state index in [1.165, 1.54) is 17.6 Å². The van der Waals surface area contributed by atoms with Crippen molar-refractivity contribution in [3.8, 4) is 6.07 Å². The Balaban J connectivity index is 1.39. The summed E-state index contributed by atoms with van der Waals surface area (Å²) in [5, 5.41) is 10.1. The molecule has 2 aromatic carbocycles. The second-order valence-corrected chi connectivity index (χ2v) is 10.6. The zero-order valence-electron chi connectivity index (χ0n) is 21.5. The summed E-state index contributed by atoms with van der Waals surface area (Å²) in [6, 6.07) is 17.5. The van der Waals surface area contributed by atoms with Gasteiger partial charge in [-0.25, -0.2) is 9.37 Å². The van der Waals surface area contributed by atoms with Crippen LogP contribution in [0.15, 0.2) is 48.5 Å². The van der Waals surface area contributed by atoms with Crippen LogP contribution in [0.25, 0.3) is 11.0 Å². The van der Waals surface area contributed by atoms with E-state index in [-0.39, 0.29) is 11.7 Å². The first-order valence-electron chi connectivity index (χ1n) is 12.9. The Morgan fingerprint density at radius 2 is 1.77 bits per heavy atom. The van der Waals surface area contributed by atoms with Crippen molar-refractivity contribution in [3.63, 3.8) is 0 Å². The maximum atomic E-state index is 13.9. The molecule has 0 amide bonds. The van der Waals surface area contributed by atoms with E-state index in [0.29, 0.717) is 5.92 Å². The van der Waals surface area contributed by atoms with Crippen molar-refractivity contribution in [3.05, 3.63) is 59.9 Å². The Hall–Kier alpha value is -2.91. The van der Waals surface area contributed by atoms with Crippen LogP contribution >= 0.6 is 0 Å². The molecular weight excluding hydrogens is 437 g/mol. The number of piperazine rings is 1. The molecule has 6 heteroatoms. The van der Waals surface area contributed by atoms with Crippen LogP contribution in [0.4, 0.5) is 10.3 Å². The van der Waals surface area contributed by atoms with Gasteiger partial charge in [-0.15, -0.1) is 0 Å². The van der Waals surface area contributed by atoms with Gasteiger partial charge in [0.05, 0.1) is 22.5 Å². The Kier molecular flexibility index (Phi) is 7.76. The average Bonchev–Trinajstić information content (AvgIpc) is 3.20. The molecule has 1 aromatic heterocycles. The van der Waals surface area contributed by atoms with Crippen molar-refractivity contribution in [2.45, 2.75) is 52.5 Å². The van der Waals surface area contributed by atoms with Crippen LogP contribution in [0, 0.1) is 29.0 Å². The minimum Gasteiger partial charge on any atom is -0.340 e. The minimum atomic E-state index is -0.661. The number of anilines is 1. The van der Waals surface area contributed by atoms with Gasteiger partial charge in [-0.2, -0.15) is 5.26 Å². The lowest BCUT2D eigenvalue weighted by Gasteiger charge is -2.37. The summed E-state index contributed by atoms with van der Waals surface area (Å²) in [6.07, 6.45) is 1.64. The van der Waals surface area contributed by atoms with E-state index in [0.717, 1.165) is 69.1 Å². The number of fused-ring (bicyclic) bond motifs is 1.